The summed E-state index contributed by atoms with van der Waals surface area (Å²) in [5, 5.41) is 22.1. The summed E-state index contributed by atoms with van der Waals surface area (Å²) >= 11 is 0. The van der Waals surface area contributed by atoms with E-state index in [0.717, 1.165) is 12.5 Å². The van der Waals surface area contributed by atoms with Gasteiger partial charge in [0.15, 0.2) is 0 Å². The molecule has 16 nitrogen and oxygen atoms in total. The average molecular weight is 525 g/mol. The van der Waals surface area contributed by atoms with Crippen molar-refractivity contribution in [3.63, 3.8) is 0 Å². The van der Waals surface area contributed by atoms with E-state index in [-0.39, 0.29) is 36.8 Å². The van der Waals surface area contributed by atoms with E-state index in [4.69, 9.17) is 14.2 Å². The van der Waals surface area contributed by atoms with Crippen molar-refractivity contribution in [2.45, 2.75) is 26.3 Å². The number of aromatic nitrogens is 2. The lowest BCUT2D eigenvalue weighted by atomic mass is 10.3. The van der Waals surface area contributed by atoms with Crippen molar-refractivity contribution in [1.82, 2.24) is 25.8 Å². The van der Waals surface area contributed by atoms with Gasteiger partial charge in [-0.25, -0.2) is 15.6 Å². The molecule has 0 bridgehead atoms. The lowest BCUT2D eigenvalue weighted by Crippen LogP contribution is -2.35. The molecule has 204 valence electrons. The first kappa shape index (κ1) is 29.5. The number of nitro groups is 2. The van der Waals surface area contributed by atoms with Crippen LogP contribution >= 0.6 is 0 Å². The van der Waals surface area contributed by atoms with Crippen LogP contribution in [0.3, 0.4) is 0 Å². The van der Waals surface area contributed by atoms with Gasteiger partial charge in [-0.1, -0.05) is 6.92 Å². The third kappa shape index (κ3) is 11.3. The van der Waals surface area contributed by atoms with E-state index in [9.17, 15) is 25.0 Å². The van der Waals surface area contributed by atoms with Gasteiger partial charge in [0.25, 0.3) is 11.4 Å². The lowest BCUT2D eigenvalue weighted by Gasteiger charge is -2.11. The van der Waals surface area contributed by atoms with E-state index < -0.39 is 15.5 Å². The molecule has 0 aromatic carbocycles. The van der Waals surface area contributed by atoms with Crippen LogP contribution in [-0.4, -0.2) is 65.7 Å². The molecule has 0 radical (unpaired) electrons. The zero-order chi connectivity index (χ0) is 26.9. The molecule has 0 spiro atoms. The Balaban J connectivity index is 1.45. The molecule has 1 heterocycles. The molecule has 0 unspecified atom stereocenters. The summed E-state index contributed by atoms with van der Waals surface area (Å²) in [7, 11) is 0. The molecule has 4 N–H and O–H groups in total. The Labute approximate surface area is 212 Å². The highest BCUT2D eigenvalue weighted by molar-refractivity contribution is 5.32. The Hall–Kier alpha value is -3.70. The van der Waals surface area contributed by atoms with Crippen LogP contribution < -0.4 is 27.4 Å². The fraction of sp³-hybridized carbons (Fsp3) is 0.524. The van der Waals surface area contributed by atoms with Crippen LogP contribution in [0.25, 0.3) is 0 Å². The monoisotopic (exact) mass is 524 g/mol. The van der Waals surface area contributed by atoms with Gasteiger partial charge >= 0.3 is 5.69 Å². The standard InChI is InChI=1S/C21H32N8O8/c1-2-8-27-9-6-20(24-21(27)30)26-22-7-10-35-11-12-36-13-14-37-16-23-25-18-5-3-4-17(28(31)32)15-19(18)29(33)34/h4-6,9,15,22-23,25H,2-3,7-8,10-14,16H2,1H3,(H,24,26,30). The summed E-state index contributed by atoms with van der Waals surface area (Å²) in [6.07, 6.45) is 6.38. The van der Waals surface area contributed by atoms with Crippen molar-refractivity contribution in [3.8, 4) is 0 Å². The number of allylic oxidation sites excluding steroid dienone is 3. The van der Waals surface area contributed by atoms with E-state index >= 15 is 0 Å². The highest BCUT2D eigenvalue weighted by atomic mass is 16.6. The minimum Gasteiger partial charge on any atom is -0.378 e. The molecule has 1 aliphatic carbocycles. The fourth-order valence-corrected chi connectivity index (χ4v) is 2.95. The summed E-state index contributed by atoms with van der Waals surface area (Å²) in [6, 6.07) is 1.72. The van der Waals surface area contributed by atoms with E-state index in [1.165, 1.54) is 12.2 Å². The van der Waals surface area contributed by atoms with Gasteiger partial charge in [0.2, 0.25) is 0 Å². The number of nitrogens with one attached hydrogen (secondary N) is 4. The molecule has 0 fully saturated rings. The van der Waals surface area contributed by atoms with Gasteiger partial charge in [0.1, 0.15) is 18.2 Å². The summed E-state index contributed by atoms with van der Waals surface area (Å²) in [4.78, 5) is 36.5. The third-order valence-electron chi connectivity index (χ3n) is 4.68. The molecule has 0 aliphatic heterocycles. The summed E-state index contributed by atoms with van der Waals surface area (Å²) in [5.74, 6) is 0.437. The van der Waals surface area contributed by atoms with Crippen molar-refractivity contribution in [2.75, 3.05) is 51.7 Å². The van der Waals surface area contributed by atoms with Crippen molar-refractivity contribution in [1.29, 1.82) is 0 Å². The van der Waals surface area contributed by atoms with Gasteiger partial charge in [-0.15, -0.1) is 0 Å². The minimum atomic E-state index is -0.696. The maximum atomic E-state index is 11.8. The molecule has 1 aromatic rings. The van der Waals surface area contributed by atoms with Crippen LogP contribution in [0.1, 0.15) is 19.8 Å². The molecule has 16 heteroatoms. The van der Waals surface area contributed by atoms with Crippen molar-refractivity contribution in [3.05, 3.63) is 78.3 Å². The lowest BCUT2D eigenvalue weighted by molar-refractivity contribution is -0.432. The smallest absolute Gasteiger partial charge is 0.349 e. The Morgan fingerprint density at radius 2 is 1.73 bits per heavy atom. The highest BCUT2D eigenvalue weighted by Crippen LogP contribution is 2.17. The van der Waals surface area contributed by atoms with E-state index in [1.807, 2.05) is 6.92 Å². The molecule has 37 heavy (non-hydrogen) atoms. The molecule has 2 rings (SSSR count). The number of hydrogen-bond acceptors (Lipinski definition) is 13. The molecule has 0 atom stereocenters. The zero-order valence-electron chi connectivity index (χ0n) is 20.5. The topological polar surface area (TPSA) is 197 Å². The fourth-order valence-electron chi connectivity index (χ4n) is 2.95. The van der Waals surface area contributed by atoms with Gasteiger partial charge in [-0.2, -0.15) is 4.98 Å². The van der Waals surface area contributed by atoms with Gasteiger partial charge < -0.3 is 25.1 Å². The van der Waals surface area contributed by atoms with Crippen LogP contribution in [-0.2, 0) is 20.8 Å². The van der Waals surface area contributed by atoms with Gasteiger partial charge in [0.05, 0.1) is 49.0 Å². The van der Waals surface area contributed by atoms with Crippen LogP contribution in [0, 0.1) is 20.2 Å². The summed E-state index contributed by atoms with van der Waals surface area (Å²) in [5.41, 5.74) is 10.1. The average Bonchev–Trinajstić information content (AvgIpc) is 3.09. The highest BCUT2D eigenvalue weighted by Gasteiger charge is 2.23. The van der Waals surface area contributed by atoms with Crippen LogP contribution in [0.2, 0.25) is 0 Å². The van der Waals surface area contributed by atoms with Crippen molar-refractivity contribution < 1.29 is 24.1 Å². The molecular weight excluding hydrogens is 492 g/mol. The van der Waals surface area contributed by atoms with Crippen molar-refractivity contribution >= 4 is 5.82 Å². The van der Waals surface area contributed by atoms with Gasteiger partial charge in [0, 0.05) is 19.3 Å². The zero-order valence-corrected chi connectivity index (χ0v) is 20.5. The number of hydrazine groups is 2. The van der Waals surface area contributed by atoms with Crippen LogP contribution in [0.15, 0.2) is 52.4 Å². The predicted molar refractivity (Wildman–Crippen MR) is 132 cm³/mol. The SMILES string of the molecule is CCCn1ccc(NNCCOCCOCCOCNNC2=CCC=C([N+](=O)[O-])C=C2[N+](=O)[O-])nc1=O. The summed E-state index contributed by atoms with van der Waals surface area (Å²) < 4.78 is 17.7. The van der Waals surface area contributed by atoms with E-state index in [2.05, 4.69) is 26.7 Å². The number of hydrogen-bond donors (Lipinski definition) is 4. The van der Waals surface area contributed by atoms with E-state index in [0.29, 0.717) is 45.3 Å². The first-order valence-electron chi connectivity index (χ1n) is 11.6. The maximum Gasteiger partial charge on any atom is 0.349 e. The first-order chi connectivity index (χ1) is 17.9. The largest absolute Gasteiger partial charge is 0.378 e. The Kier molecular flexibility index (Phi) is 13.5. The van der Waals surface area contributed by atoms with Gasteiger partial charge in [-0.3, -0.25) is 24.8 Å². The number of rotatable bonds is 19. The summed E-state index contributed by atoms with van der Waals surface area (Å²) in [6.45, 7) is 4.91. The second-order valence-corrected chi connectivity index (χ2v) is 7.45. The maximum absolute atomic E-state index is 11.8. The molecule has 1 aromatic heterocycles. The Morgan fingerprint density at radius 3 is 2.41 bits per heavy atom. The second-order valence-electron chi connectivity index (χ2n) is 7.45. The number of nitrogens with zero attached hydrogens (tertiary/aromatic N) is 4. The Bertz CT molecular complexity index is 1040. The third-order valence-corrected chi connectivity index (χ3v) is 4.68. The second kappa shape index (κ2) is 16.9. The Morgan fingerprint density at radius 1 is 1.00 bits per heavy atom. The predicted octanol–water partition coefficient (Wildman–Crippen LogP) is 0.280. The number of aryl methyl sites for hydroxylation is 1. The molecule has 0 saturated carbocycles. The molecule has 1 aliphatic rings. The molecular formula is C21H32N8O8. The number of ether oxygens (including phenoxy) is 3. The van der Waals surface area contributed by atoms with Crippen LogP contribution in [0.4, 0.5) is 5.82 Å². The van der Waals surface area contributed by atoms with Gasteiger partial charge in [-0.05, 0) is 31.1 Å². The first-order valence-corrected chi connectivity index (χ1v) is 11.6. The van der Waals surface area contributed by atoms with E-state index in [1.54, 1.807) is 16.8 Å². The van der Waals surface area contributed by atoms with Crippen molar-refractivity contribution in [2.24, 2.45) is 0 Å². The normalized spacial score (nSPS) is 13.3. The molecule has 0 amide bonds. The molecule has 0 saturated heterocycles. The number of anilines is 1. The van der Waals surface area contributed by atoms with Crippen LogP contribution in [0.5, 0.6) is 0 Å². The quantitative estimate of drug-likeness (QED) is 0.0834. The minimum absolute atomic E-state index is 0.0269.